The highest BCUT2D eigenvalue weighted by atomic mass is 79.9. The lowest BCUT2D eigenvalue weighted by atomic mass is 10.2. The fraction of sp³-hybridized carbons (Fsp3) is 0.133. The van der Waals surface area contributed by atoms with E-state index in [1.807, 2.05) is 4.72 Å². The molecular weight excluding hydrogens is 422 g/mol. The van der Waals surface area contributed by atoms with Crippen LogP contribution >= 0.6 is 15.9 Å². The third-order valence-electron chi connectivity index (χ3n) is 2.80. The van der Waals surface area contributed by atoms with Crippen LogP contribution in [0.2, 0.25) is 0 Å². The van der Waals surface area contributed by atoms with E-state index in [-0.39, 0.29) is 17.1 Å². The van der Waals surface area contributed by atoms with Gasteiger partial charge in [0.1, 0.15) is 5.82 Å². The molecule has 0 heterocycles. The Morgan fingerprint density at radius 3 is 2.52 bits per heavy atom. The number of nitrogens with one attached hydrogen (secondary N) is 2. The minimum atomic E-state index is -3.67. The fourth-order valence-electron chi connectivity index (χ4n) is 1.81. The summed E-state index contributed by atoms with van der Waals surface area (Å²) in [7, 11) is -3.67. The molecule has 0 aliphatic rings. The molecule has 0 radical (unpaired) electrons. The van der Waals surface area contributed by atoms with Gasteiger partial charge in [0.2, 0.25) is 10.0 Å². The number of amides is 1. The molecule has 0 spiro atoms. The standard InChI is InChI=1S/C15H13BrF2N2O4S/c1-25(22,23)20-13-7-10(3-4-11(13)17)19-15(21)8-24-14-5-2-9(16)6-12(14)18/h2-7,20H,8H2,1H3,(H,19,21). The molecule has 0 saturated heterocycles. The van der Waals surface area contributed by atoms with Crippen LogP contribution in [0, 0.1) is 11.6 Å². The van der Waals surface area contributed by atoms with Gasteiger partial charge in [-0.15, -0.1) is 0 Å². The molecule has 2 rings (SSSR count). The minimum absolute atomic E-state index is 0.100. The van der Waals surface area contributed by atoms with E-state index < -0.39 is 34.2 Å². The topological polar surface area (TPSA) is 84.5 Å². The van der Waals surface area contributed by atoms with Gasteiger partial charge in [-0.2, -0.15) is 0 Å². The number of rotatable bonds is 6. The van der Waals surface area contributed by atoms with E-state index in [1.165, 1.54) is 18.2 Å². The van der Waals surface area contributed by atoms with Gasteiger partial charge in [-0.1, -0.05) is 15.9 Å². The zero-order valence-corrected chi connectivity index (χ0v) is 15.2. The first kappa shape index (κ1) is 19.1. The SMILES string of the molecule is CS(=O)(=O)Nc1cc(NC(=O)COc2ccc(Br)cc2F)ccc1F. The maximum Gasteiger partial charge on any atom is 0.262 e. The summed E-state index contributed by atoms with van der Waals surface area (Å²) in [5, 5.41) is 2.40. The Balaban J connectivity index is 2.01. The third-order valence-corrected chi connectivity index (χ3v) is 3.88. The van der Waals surface area contributed by atoms with E-state index in [9.17, 15) is 22.0 Å². The molecule has 0 aliphatic carbocycles. The zero-order valence-electron chi connectivity index (χ0n) is 12.8. The Labute approximate surface area is 151 Å². The van der Waals surface area contributed by atoms with Crippen LogP contribution < -0.4 is 14.8 Å². The van der Waals surface area contributed by atoms with Gasteiger partial charge >= 0.3 is 0 Å². The number of carbonyl (C=O) groups excluding carboxylic acids is 1. The third kappa shape index (κ3) is 5.98. The maximum absolute atomic E-state index is 13.6. The molecule has 0 aliphatic heterocycles. The first-order valence-electron chi connectivity index (χ1n) is 6.79. The summed E-state index contributed by atoms with van der Waals surface area (Å²) >= 11 is 3.10. The molecule has 0 bridgehead atoms. The Hall–Kier alpha value is -2.20. The van der Waals surface area contributed by atoms with Gasteiger partial charge < -0.3 is 10.1 Å². The van der Waals surface area contributed by atoms with Crippen LogP contribution in [0.25, 0.3) is 0 Å². The summed E-state index contributed by atoms with van der Waals surface area (Å²) in [6.45, 7) is -0.481. The number of ether oxygens (including phenoxy) is 1. The number of halogens is 3. The van der Waals surface area contributed by atoms with E-state index in [0.29, 0.717) is 4.47 Å². The van der Waals surface area contributed by atoms with E-state index in [2.05, 4.69) is 21.2 Å². The van der Waals surface area contributed by atoms with Crippen LogP contribution in [0.3, 0.4) is 0 Å². The van der Waals surface area contributed by atoms with Crippen molar-refractivity contribution in [3.8, 4) is 5.75 Å². The molecule has 25 heavy (non-hydrogen) atoms. The highest BCUT2D eigenvalue weighted by molar-refractivity contribution is 9.10. The number of hydrogen-bond donors (Lipinski definition) is 2. The summed E-state index contributed by atoms with van der Waals surface area (Å²) in [6, 6.07) is 7.47. The van der Waals surface area contributed by atoms with E-state index in [4.69, 9.17) is 4.74 Å². The zero-order chi connectivity index (χ0) is 18.6. The van der Waals surface area contributed by atoms with Crippen molar-refractivity contribution in [3.05, 3.63) is 52.5 Å². The van der Waals surface area contributed by atoms with Crippen LogP contribution in [0.4, 0.5) is 20.2 Å². The molecule has 0 fully saturated rings. The Morgan fingerprint density at radius 1 is 1.16 bits per heavy atom. The number of anilines is 2. The van der Waals surface area contributed by atoms with E-state index in [0.717, 1.165) is 18.4 Å². The summed E-state index contributed by atoms with van der Waals surface area (Å²) < 4.78 is 57.1. The number of sulfonamides is 1. The van der Waals surface area contributed by atoms with Crippen molar-refractivity contribution < 1.29 is 26.7 Å². The predicted molar refractivity (Wildman–Crippen MR) is 93.1 cm³/mol. The normalized spacial score (nSPS) is 11.0. The number of hydrogen-bond acceptors (Lipinski definition) is 4. The van der Waals surface area contributed by atoms with Crippen LogP contribution in [-0.4, -0.2) is 27.2 Å². The van der Waals surface area contributed by atoms with Crippen molar-refractivity contribution in [3.63, 3.8) is 0 Å². The highest BCUT2D eigenvalue weighted by Gasteiger charge is 2.11. The lowest BCUT2D eigenvalue weighted by molar-refractivity contribution is -0.118. The van der Waals surface area contributed by atoms with Crippen LogP contribution in [0.15, 0.2) is 40.9 Å². The first-order valence-corrected chi connectivity index (χ1v) is 9.47. The summed E-state index contributed by atoms with van der Waals surface area (Å²) in [6.07, 6.45) is 0.873. The van der Waals surface area contributed by atoms with Gasteiger partial charge in [-0.25, -0.2) is 17.2 Å². The van der Waals surface area contributed by atoms with Crippen molar-refractivity contribution in [1.29, 1.82) is 0 Å². The Kier molecular flexibility index (Phi) is 5.96. The van der Waals surface area contributed by atoms with Crippen molar-refractivity contribution in [1.82, 2.24) is 0 Å². The van der Waals surface area contributed by atoms with Crippen molar-refractivity contribution in [2.75, 3.05) is 22.9 Å². The molecule has 0 atom stereocenters. The average molecular weight is 435 g/mol. The maximum atomic E-state index is 13.6. The molecule has 134 valence electrons. The summed E-state index contributed by atoms with van der Waals surface area (Å²) in [5.74, 6) is -2.16. The number of benzene rings is 2. The Bertz CT molecular complexity index is 906. The van der Waals surface area contributed by atoms with Crippen LogP contribution in [0.1, 0.15) is 0 Å². The Morgan fingerprint density at radius 2 is 1.88 bits per heavy atom. The summed E-state index contributed by atoms with van der Waals surface area (Å²) in [4.78, 5) is 11.8. The number of carbonyl (C=O) groups is 1. The molecular formula is C15H13BrF2N2O4S. The van der Waals surface area contributed by atoms with Crippen molar-refractivity contribution >= 4 is 43.2 Å². The van der Waals surface area contributed by atoms with Crippen LogP contribution in [0.5, 0.6) is 5.75 Å². The molecule has 0 aromatic heterocycles. The van der Waals surface area contributed by atoms with Gasteiger partial charge in [0.15, 0.2) is 18.2 Å². The van der Waals surface area contributed by atoms with Gasteiger partial charge in [-0.3, -0.25) is 9.52 Å². The van der Waals surface area contributed by atoms with Gasteiger partial charge in [0, 0.05) is 10.2 Å². The molecule has 6 nitrogen and oxygen atoms in total. The van der Waals surface area contributed by atoms with Gasteiger partial charge in [-0.05, 0) is 36.4 Å². The van der Waals surface area contributed by atoms with Crippen molar-refractivity contribution in [2.45, 2.75) is 0 Å². The molecule has 0 saturated carbocycles. The molecule has 0 unspecified atom stereocenters. The first-order chi connectivity index (χ1) is 11.6. The monoisotopic (exact) mass is 434 g/mol. The predicted octanol–water partition coefficient (Wildman–Crippen LogP) is 3.12. The second-order valence-corrected chi connectivity index (χ2v) is 7.64. The fourth-order valence-corrected chi connectivity index (χ4v) is 2.70. The quantitative estimate of drug-likeness (QED) is 0.731. The summed E-state index contributed by atoms with van der Waals surface area (Å²) in [5.41, 5.74) is -0.155. The molecule has 2 aromatic rings. The lowest BCUT2D eigenvalue weighted by Gasteiger charge is -2.10. The van der Waals surface area contributed by atoms with Gasteiger partial charge in [0.25, 0.3) is 5.91 Å². The van der Waals surface area contributed by atoms with E-state index in [1.54, 1.807) is 6.07 Å². The minimum Gasteiger partial charge on any atom is -0.481 e. The molecule has 1 amide bonds. The second kappa shape index (κ2) is 7.79. The van der Waals surface area contributed by atoms with Gasteiger partial charge in [0.05, 0.1) is 11.9 Å². The second-order valence-electron chi connectivity index (χ2n) is 4.98. The van der Waals surface area contributed by atoms with E-state index >= 15 is 0 Å². The lowest BCUT2D eigenvalue weighted by Crippen LogP contribution is -2.20. The largest absolute Gasteiger partial charge is 0.481 e. The average Bonchev–Trinajstić information content (AvgIpc) is 2.48. The van der Waals surface area contributed by atoms with Crippen molar-refractivity contribution in [2.24, 2.45) is 0 Å². The highest BCUT2D eigenvalue weighted by Crippen LogP contribution is 2.22. The van der Waals surface area contributed by atoms with Crippen LogP contribution in [-0.2, 0) is 14.8 Å². The smallest absolute Gasteiger partial charge is 0.262 e. The molecule has 2 aromatic carbocycles. The molecule has 10 heteroatoms. The molecule has 2 N–H and O–H groups in total.